The van der Waals surface area contributed by atoms with Gasteiger partial charge in [0.05, 0.1) is 24.9 Å². The van der Waals surface area contributed by atoms with E-state index in [-0.39, 0.29) is 24.9 Å². The van der Waals surface area contributed by atoms with Gasteiger partial charge in [-0.2, -0.15) is 0 Å². The van der Waals surface area contributed by atoms with E-state index in [4.69, 9.17) is 14.2 Å². The topological polar surface area (TPSA) is 143 Å². The second kappa shape index (κ2) is 7.49. The molecule has 0 amide bonds. The number of carbonyl (C=O) groups excluding carboxylic acids is 2. The summed E-state index contributed by atoms with van der Waals surface area (Å²) >= 11 is 0. The van der Waals surface area contributed by atoms with E-state index < -0.39 is 76.8 Å². The van der Waals surface area contributed by atoms with E-state index in [1.807, 2.05) is 20.8 Å². The normalized spacial score (nSPS) is 53.5. The molecule has 0 aromatic carbocycles. The first-order chi connectivity index (χ1) is 15.8. The molecular weight excluding hydrogens is 444 g/mol. The van der Waals surface area contributed by atoms with Crippen molar-refractivity contribution in [3.8, 4) is 0 Å². The van der Waals surface area contributed by atoms with Crippen LogP contribution in [-0.2, 0) is 23.8 Å². The quantitative estimate of drug-likeness (QED) is 0.332. The van der Waals surface area contributed by atoms with E-state index in [1.54, 1.807) is 19.9 Å². The predicted octanol–water partition coefficient (Wildman–Crippen LogP) is 0.321. The molecule has 2 heterocycles. The number of ether oxygens (including phenoxy) is 3. The molecule has 2 aliphatic heterocycles. The third-order valence-corrected chi connectivity index (χ3v) is 9.52. The molecule has 5 aliphatic rings. The summed E-state index contributed by atoms with van der Waals surface area (Å²) in [5.74, 6) is -3.84. The lowest BCUT2D eigenvalue weighted by Crippen LogP contribution is -2.81. The molecule has 3 aliphatic carbocycles. The van der Waals surface area contributed by atoms with Crippen LogP contribution in [0, 0.1) is 35.0 Å². The first-order valence-electron chi connectivity index (χ1n) is 12.3. The third kappa shape index (κ3) is 2.79. The van der Waals surface area contributed by atoms with Crippen LogP contribution in [0.4, 0.5) is 0 Å². The Morgan fingerprint density at radius 2 is 1.94 bits per heavy atom. The zero-order valence-electron chi connectivity index (χ0n) is 20.3. The molecule has 34 heavy (non-hydrogen) atoms. The van der Waals surface area contributed by atoms with Gasteiger partial charge in [-0.3, -0.25) is 4.79 Å². The molecular formula is C25H36O9. The summed E-state index contributed by atoms with van der Waals surface area (Å²) in [5, 5.41) is 45.3. The van der Waals surface area contributed by atoms with Crippen molar-refractivity contribution in [2.75, 3.05) is 6.61 Å². The average molecular weight is 481 g/mol. The predicted molar refractivity (Wildman–Crippen MR) is 117 cm³/mol. The Hall–Kier alpha value is -1.52. The van der Waals surface area contributed by atoms with Crippen LogP contribution in [0.3, 0.4) is 0 Å². The van der Waals surface area contributed by atoms with Gasteiger partial charge in [0.2, 0.25) is 6.10 Å². The Kier molecular flexibility index (Phi) is 5.33. The van der Waals surface area contributed by atoms with Gasteiger partial charge in [0, 0.05) is 23.7 Å². The Morgan fingerprint density at radius 3 is 2.59 bits per heavy atom. The van der Waals surface area contributed by atoms with Gasteiger partial charge >= 0.3 is 11.9 Å². The van der Waals surface area contributed by atoms with Crippen molar-refractivity contribution in [3.05, 3.63) is 11.6 Å². The molecule has 2 saturated heterocycles. The van der Waals surface area contributed by atoms with Crippen molar-refractivity contribution < 1.29 is 44.2 Å². The fourth-order valence-electron chi connectivity index (χ4n) is 8.33. The summed E-state index contributed by atoms with van der Waals surface area (Å²) in [7, 11) is 0. The molecule has 0 aromatic heterocycles. The fourth-order valence-corrected chi connectivity index (χ4v) is 8.33. The molecule has 12 atom stereocenters. The van der Waals surface area contributed by atoms with Crippen molar-refractivity contribution in [1.29, 1.82) is 0 Å². The lowest BCUT2D eigenvalue weighted by atomic mass is 9.40. The van der Waals surface area contributed by atoms with Crippen molar-refractivity contribution in [2.45, 2.75) is 89.2 Å². The zero-order valence-corrected chi connectivity index (χ0v) is 20.3. The van der Waals surface area contributed by atoms with Gasteiger partial charge in [0.1, 0.15) is 17.3 Å². The minimum absolute atomic E-state index is 0.0240. The van der Waals surface area contributed by atoms with Gasteiger partial charge in [-0.15, -0.1) is 0 Å². The SMILES string of the molecule is CC1=C[C@H](O)[C@@H](O)[C@]2(C)[C@@H]3C45OC[C@]3(O)[C@H](O)[C@H](C)[C@@H]4[C@@H](OC(=O)CC(C)C)C(=O)OC5C[C@@H]12. The summed E-state index contributed by atoms with van der Waals surface area (Å²) < 4.78 is 17.9. The Morgan fingerprint density at radius 1 is 1.26 bits per heavy atom. The van der Waals surface area contributed by atoms with Crippen LogP contribution in [0.15, 0.2) is 11.6 Å². The first-order valence-corrected chi connectivity index (χ1v) is 12.3. The lowest BCUT2D eigenvalue weighted by molar-refractivity contribution is -0.318. The Balaban J connectivity index is 1.67. The van der Waals surface area contributed by atoms with Crippen molar-refractivity contribution >= 4 is 11.9 Å². The Bertz CT molecular complexity index is 931. The van der Waals surface area contributed by atoms with E-state index >= 15 is 0 Å². The zero-order chi connectivity index (χ0) is 25.0. The van der Waals surface area contributed by atoms with Crippen molar-refractivity contribution in [2.24, 2.45) is 35.0 Å². The number of allylic oxidation sites excluding steroid dienone is 1. The highest BCUT2D eigenvalue weighted by atomic mass is 16.6. The highest BCUT2D eigenvalue weighted by Crippen LogP contribution is 2.71. The number of aliphatic hydroxyl groups is 4. The van der Waals surface area contributed by atoms with Crippen LogP contribution >= 0.6 is 0 Å². The fraction of sp³-hybridized carbons (Fsp3) is 0.840. The highest BCUT2D eigenvalue weighted by Gasteiger charge is 2.83. The Labute approximate surface area is 199 Å². The summed E-state index contributed by atoms with van der Waals surface area (Å²) in [4.78, 5) is 25.8. The van der Waals surface area contributed by atoms with Crippen LogP contribution in [0.25, 0.3) is 0 Å². The number of carbonyl (C=O) groups is 2. The number of esters is 2. The minimum Gasteiger partial charge on any atom is -0.456 e. The first kappa shape index (κ1) is 24.2. The van der Waals surface area contributed by atoms with E-state index in [9.17, 15) is 30.0 Å². The van der Waals surface area contributed by atoms with Gasteiger partial charge in [-0.25, -0.2) is 4.79 Å². The largest absolute Gasteiger partial charge is 0.456 e. The molecule has 4 fully saturated rings. The minimum atomic E-state index is -1.74. The standard InChI is InChI=1S/C25H36O9/c1-10(2)6-16(27)34-18-17-12(4)19(28)24(31)9-32-25(17)15(33-21(18)30)8-13-11(3)7-14(26)20(29)23(13,5)22(24)25/h7,10,12-15,17-20,22,26,28-29,31H,6,8-9H2,1-5H3/t12-,13+,14+,15?,17-,18-,19-,20-,22+,23-,24+,25?/m1/s1. The number of hydrogen-bond acceptors (Lipinski definition) is 9. The molecule has 2 unspecified atom stereocenters. The molecule has 5 rings (SSSR count). The van der Waals surface area contributed by atoms with E-state index in [0.717, 1.165) is 5.57 Å². The molecule has 1 spiro atoms. The number of rotatable bonds is 3. The molecule has 0 radical (unpaired) electrons. The average Bonchev–Trinajstić information content (AvgIpc) is 3.03. The highest BCUT2D eigenvalue weighted by molar-refractivity contribution is 5.81. The number of fused-ring (bicyclic) bond motifs is 1. The second-order valence-electron chi connectivity index (χ2n) is 11.8. The molecule has 0 aromatic rings. The van der Waals surface area contributed by atoms with E-state index in [0.29, 0.717) is 6.42 Å². The van der Waals surface area contributed by atoms with Crippen molar-refractivity contribution in [1.82, 2.24) is 0 Å². The van der Waals surface area contributed by atoms with Crippen LogP contribution in [0.2, 0.25) is 0 Å². The monoisotopic (exact) mass is 480 g/mol. The van der Waals surface area contributed by atoms with Gasteiger partial charge in [0.15, 0.2) is 0 Å². The van der Waals surface area contributed by atoms with Crippen LogP contribution < -0.4 is 0 Å². The summed E-state index contributed by atoms with van der Waals surface area (Å²) in [5.41, 5.74) is -3.29. The smallest absolute Gasteiger partial charge is 0.348 e. The summed E-state index contributed by atoms with van der Waals surface area (Å²) in [6.07, 6.45) is -3.72. The van der Waals surface area contributed by atoms with Crippen LogP contribution in [-0.4, -0.2) is 80.7 Å². The molecule has 9 nitrogen and oxygen atoms in total. The maximum atomic E-state index is 13.2. The summed E-state index contributed by atoms with van der Waals surface area (Å²) in [6.45, 7) is 8.90. The van der Waals surface area contributed by atoms with Gasteiger partial charge in [0.25, 0.3) is 0 Å². The molecule has 9 heteroatoms. The number of aliphatic hydroxyl groups excluding tert-OH is 3. The van der Waals surface area contributed by atoms with E-state index in [1.165, 1.54) is 0 Å². The van der Waals surface area contributed by atoms with Gasteiger partial charge in [-0.1, -0.05) is 39.3 Å². The molecule has 4 N–H and O–H groups in total. The number of hydrogen-bond donors (Lipinski definition) is 4. The van der Waals surface area contributed by atoms with E-state index in [2.05, 4.69) is 0 Å². The summed E-state index contributed by atoms with van der Waals surface area (Å²) in [6, 6.07) is 0. The third-order valence-electron chi connectivity index (χ3n) is 9.52. The van der Waals surface area contributed by atoms with Gasteiger partial charge < -0.3 is 34.6 Å². The molecule has 2 saturated carbocycles. The maximum Gasteiger partial charge on any atom is 0.348 e. The van der Waals surface area contributed by atoms with Crippen LogP contribution in [0.5, 0.6) is 0 Å². The second-order valence-corrected chi connectivity index (χ2v) is 11.8. The van der Waals surface area contributed by atoms with Gasteiger partial charge in [-0.05, 0) is 31.1 Å². The van der Waals surface area contributed by atoms with Crippen molar-refractivity contribution in [3.63, 3.8) is 0 Å². The lowest BCUT2D eigenvalue weighted by Gasteiger charge is -2.68. The maximum absolute atomic E-state index is 13.2. The van der Waals surface area contributed by atoms with Crippen LogP contribution in [0.1, 0.15) is 47.5 Å². The molecule has 2 bridgehead atoms. The molecule has 190 valence electrons.